The number of aliphatic hydroxyl groups is 1. The van der Waals surface area contributed by atoms with Gasteiger partial charge in [-0.1, -0.05) is 6.07 Å². The Morgan fingerprint density at radius 3 is 2.86 bits per heavy atom. The van der Waals surface area contributed by atoms with E-state index in [4.69, 9.17) is 0 Å². The van der Waals surface area contributed by atoms with Gasteiger partial charge in [-0.25, -0.2) is 17.1 Å². The second kappa shape index (κ2) is 6.42. The standard InChI is InChI=1S/C15H22FNO3S/c1-11-5-6-13(16)9-14(11)15(18)8-12-4-3-7-17(10-12)21(2,19)20/h5-6,9,12,15,18H,3-4,7-8,10H2,1-2H3. The van der Waals surface area contributed by atoms with Gasteiger partial charge in [0.05, 0.1) is 12.4 Å². The molecule has 21 heavy (non-hydrogen) atoms. The first-order chi connectivity index (χ1) is 9.77. The fraction of sp³-hybridized carbons (Fsp3) is 0.600. The molecule has 4 nitrogen and oxygen atoms in total. The molecule has 0 amide bonds. The summed E-state index contributed by atoms with van der Waals surface area (Å²) >= 11 is 0. The minimum Gasteiger partial charge on any atom is -0.388 e. The summed E-state index contributed by atoms with van der Waals surface area (Å²) in [5, 5.41) is 10.3. The molecule has 1 fully saturated rings. The van der Waals surface area contributed by atoms with Crippen molar-refractivity contribution in [3.63, 3.8) is 0 Å². The molecular weight excluding hydrogens is 293 g/mol. The minimum absolute atomic E-state index is 0.103. The van der Waals surface area contributed by atoms with E-state index in [0.29, 0.717) is 25.1 Å². The molecule has 1 heterocycles. The van der Waals surface area contributed by atoms with Gasteiger partial charge >= 0.3 is 0 Å². The Kier molecular flexibility index (Phi) is 5.01. The van der Waals surface area contributed by atoms with E-state index in [1.165, 1.54) is 22.7 Å². The fourth-order valence-electron chi connectivity index (χ4n) is 2.93. The zero-order valence-corrected chi connectivity index (χ0v) is 13.2. The van der Waals surface area contributed by atoms with Crippen LogP contribution in [-0.4, -0.2) is 37.2 Å². The average Bonchev–Trinajstić information content (AvgIpc) is 2.41. The van der Waals surface area contributed by atoms with Crippen molar-refractivity contribution in [2.45, 2.75) is 32.3 Å². The maximum absolute atomic E-state index is 13.3. The van der Waals surface area contributed by atoms with Crippen LogP contribution in [0.3, 0.4) is 0 Å². The number of sulfonamides is 1. The average molecular weight is 315 g/mol. The highest BCUT2D eigenvalue weighted by molar-refractivity contribution is 7.88. The van der Waals surface area contributed by atoms with E-state index in [-0.39, 0.29) is 11.7 Å². The van der Waals surface area contributed by atoms with Crippen LogP contribution in [0.15, 0.2) is 18.2 Å². The van der Waals surface area contributed by atoms with E-state index < -0.39 is 16.1 Å². The van der Waals surface area contributed by atoms with Crippen molar-refractivity contribution in [1.82, 2.24) is 4.31 Å². The van der Waals surface area contributed by atoms with Crippen molar-refractivity contribution >= 4 is 10.0 Å². The third kappa shape index (κ3) is 4.25. The molecule has 1 aromatic rings. The second-order valence-electron chi connectivity index (χ2n) is 5.88. The van der Waals surface area contributed by atoms with Crippen molar-refractivity contribution in [2.75, 3.05) is 19.3 Å². The highest BCUT2D eigenvalue weighted by Crippen LogP contribution is 2.30. The van der Waals surface area contributed by atoms with Crippen LogP contribution in [-0.2, 0) is 10.0 Å². The van der Waals surface area contributed by atoms with E-state index in [1.54, 1.807) is 6.07 Å². The summed E-state index contributed by atoms with van der Waals surface area (Å²) in [6.07, 6.45) is 2.59. The second-order valence-corrected chi connectivity index (χ2v) is 7.86. The first-order valence-corrected chi connectivity index (χ1v) is 9.01. The van der Waals surface area contributed by atoms with Gasteiger partial charge in [0.25, 0.3) is 0 Å². The van der Waals surface area contributed by atoms with Crippen LogP contribution in [0, 0.1) is 18.7 Å². The van der Waals surface area contributed by atoms with E-state index in [2.05, 4.69) is 0 Å². The Hall–Kier alpha value is -0.980. The molecule has 0 saturated carbocycles. The summed E-state index contributed by atoms with van der Waals surface area (Å²) in [4.78, 5) is 0. The maximum Gasteiger partial charge on any atom is 0.211 e. The summed E-state index contributed by atoms with van der Waals surface area (Å²) in [6, 6.07) is 4.38. The Bertz CT molecular complexity index is 603. The van der Waals surface area contributed by atoms with Gasteiger partial charge in [0, 0.05) is 13.1 Å². The van der Waals surface area contributed by atoms with Gasteiger partial charge < -0.3 is 5.11 Å². The number of aryl methyl sites for hydroxylation is 1. The summed E-state index contributed by atoms with van der Waals surface area (Å²) < 4.78 is 38.0. The lowest BCUT2D eigenvalue weighted by Gasteiger charge is -2.32. The highest BCUT2D eigenvalue weighted by atomic mass is 32.2. The van der Waals surface area contributed by atoms with Crippen molar-refractivity contribution in [3.8, 4) is 0 Å². The number of hydrogen-bond acceptors (Lipinski definition) is 3. The van der Waals surface area contributed by atoms with Gasteiger partial charge in [0.1, 0.15) is 5.82 Å². The monoisotopic (exact) mass is 315 g/mol. The van der Waals surface area contributed by atoms with Crippen LogP contribution in [0.25, 0.3) is 0 Å². The molecule has 0 aromatic heterocycles. The smallest absolute Gasteiger partial charge is 0.211 e. The van der Waals surface area contributed by atoms with Crippen molar-refractivity contribution in [1.29, 1.82) is 0 Å². The van der Waals surface area contributed by atoms with Gasteiger partial charge in [0.15, 0.2) is 0 Å². The number of hydrogen-bond donors (Lipinski definition) is 1. The van der Waals surface area contributed by atoms with Gasteiger partial charge in [-0.3, -0.25) is 0 Å². The summed E-state index contributed by atoms with van der Waals surface area (Å²) in [6.45, 7) is 2.82. The Morgan fingerprint density at radius 2 is 2.19 bits per heavy atom. The van der Waals surface area contributed by atoms with Gasteiger partial charge in [-0.2, -0.15) is 0 Å². The van der Waals surface area contributed by atoms with E-state index in [1.807, 2.05) is 6.92 Å². The molecule has 1 aromatic carbocycles. The van der Waals surface area contributed by atoms with Gasteiger partial charge in [-0.15, -0.1) is 0 Å². The van der Waals surface area contributed by atoms with Crippen LogP contribution in [0.1, 0.15) is 36.5 Å². The number of halogens is 1. The zero-order chi connectivity index (χ0) is 15.6. The third-order valence-corrected chi connectivity index (χ3v) is 5.38. The predicted molar refractivity (Wildman–Crippen MR) is 79.9 cm³/mol. The summed E-state index contributed by atoms with van der Waals surface area (Å²) in [5.41, 5.74) is 1.44. The quantitative estimate of drug-likeness (QED) is 0.927. The molecule has 2 rings (SSSR count). The maximum atomic E-state index is 13.3. The lowest BCUT2D eigenvalue weighted by atomic mass is 9.89. The molecule has 1 aliphatic rings. The molecule has 0 bridgehead atoms. The Morgan fingerprint density at radius 1 is 1.48 bits per heavy atom. The summed E-state index contributed by atoms with van der Waals surface area (Å²) in [7, 11) is -3.18. The largest absolute Gasteiger partial charge is 0.388 e. The van der Waals surface area contributed by atoms with Crippen molar-refractivity contribution < 1.29 is 17.9 Å². The fourth-order valence-corrected chi connectivity index (χ4v) is 3.88. The Labute approximate surface area is 125 Å². The number of aliphatic hydroxyl groups excluding tert-OH is 1. The van der Waals surface area contributed by atoms with Crippen molar-refractivity contribution in [2.24, 2.45) is 5.92 Å². The molecule has 1 N–H and O–H groups in total. The predicted octanol–water partition coefficient (Wildman–Crippen LogP) is 2.23. The molecular formula is C15H22FNO3S. The number of piperidine rings is 1. The van der Waals surface area contributed by atoms with Crippen LogP contribution in [0.2, 0.25) is 0 Å². The minimum atomic E-state index is -3.18. The van der Waals surface area contributed by atoms with Crippen molar-refractivity contribution in [3.05, 3.63) is 35.1 Å². The third-order valence-electron chi connectivity index (χ3n) is 4.11. The zero-order valence-electron chi connectivity index (χ0n) is 12.4. The molecule has 0 radical (unpaired) electrons. The van der Waals surface area contributed by atoms with Crippen LogP contribution in [0.5, 0.6) is 0 Å². The molecule has 6 heteroatoms. The first-order valence-electron chi connectivity index (χ1n) is 7.16. The van der Waals surface area contributed by atoms with Crippen LogP contribution < -0.4 is 0 Å². The first kappa shape index (κ1) is 16.4. The van der Waals surface area contributed by atoms with Crippen LogP contribution in [0.4, 0.5) is 4.39 Å². The molecule has 0 spiro atoms. The lowest BCUT2D eigenvalue weighted by molar-refractivity contribution is 0.122. The lowest BCUT2D eigenvalue weighted by Crippen LogP contribution is -2.39. The van der Waals surface area contributed by atoms with E-state index >= 15 is 0 Å². The molecule has 118 valence electrons. The SMILES string of the molecule is Cc1ccc(F)cc1C(O)CC1CCCN(S(C)(=O)=O)C1. The van der Waals surface area contributed by atoms with Gasteiger partial charge in [0.2, 0.25) is 10.0 Å². The number of rotatable bonds is 4. The number of nitrogens with zero attached hydrogens (tertiary/aromatic N) is 1. The van der Waals surface area contributed by atoms with Gasteiger partial charge in [-0.05, 0) is 55.4 Å². The normalized spacial score (nSPS) is 22.2. The highest BCUT2D eigenvalue weighted by Gasteiger charge is 2.28. The number of benzene rings is 1. The summed E-state index contributed by atoms with van der Waals surface area (Å²) in [5.74, 6) is -0.262. The Balaban J connectivity index is 2.05. The molecule has 2 unspecified atom stereocenters. The van der Waals surface area contributed by atoms with E-state index in [0.717, 1.165) is 18.4 Å². The van der Waals surface area contributed by atoms with Crippen LogP contribution >= 0.6 is 0 Å². The van der Waals surface area contributed by atoms with E-state index in [9.17, 15) is 17.9 Å². The molecule has 1 aliphatic heterocycles. The molecule has 2 atom stereocenters. The topological polar surface area (TPSA) is 57.6 Å². The molecule has 1 saturated heterocycles. The molecule has 0 aliphatic carbocycles.